The number of benzene rings is 2. The number of pyridine rings is 1. The third-order valence-electron chi connectivity index (χ3n) is 4.02. The van der Waals surface area contributed by atoms with Crippen LogP contribution in [0.5, 0.6) is 0 Å². The molecular formula is C20H14GaN3O. The van der Waals surface area contributed by atoms with Crippen LogP contribution in [-0.2, 0) is 0 Å². The van der Waals surface area contributed by atoms with Crippen LogP contribution in [0.25, 0.3) is 28.5 Å². The molecule has 0 saturated carbocycles. The monoisotopic (exact) mass is 381 g/mol. The van der Waals surface area contributed by atoms with Crippen molar-refractivity contribution >= 4 is 18.8 Å². The first-order chi connectivity index (χ1) is 12.2. The topological polar surface area (TPSA) is 39.8 Å². The van der Waals surface area contributed by atoms with Gasteiger partial charge >= 0.3 is 156 Å². The van der Waals surface area contributed by atoms with E-state index in [-0.39, 0.29) is 5.56 Å². The number of hydrogen-bond donors (Lipinski definition) is 0. The van der Waals surface area contributed by atoms with E-state index in [1.54, 1.807) is 15.4 Å². The summed E-state index contributed by atoms with van der Waals surface area (Å²) in [5.74, 6) is 0.852. The second-order valence-corrected chi connectivity index (χ2v) is 6.72. The van der Waals surface area contributed by atoms with Crippen molar-refractivity contribution in [3.63, 3.8) is 0 Å². The van der Waals surface area contributed by atoms with E-state index in [1.807, 2.05) is 72.9 Å². The van der Waals surface area contributed by atoms with E-state index < -0.39 is 0 Å². The van der Waals surface area contributed by atoms with Gasteiger partial charge in [0.1, 0.15) is 0 Å². The molecule has 0 fully saturated rings. The molecule has 2 radical (unpaired) electrons. The summed E-state index contributed by atoms with van der Waals surface area (Å²) in [5.41, 5.74) is 3.65. The van der Waals surface area contributed by atoms with E-state index >= 15 is 0 Å². The fraction of sp³-hybridized carbons (Fsp3) is 0. The number of imidazole rings is 1. The van der Waals surface area contributed by atoms with Crippen molar-refractivity contribution in [2.75, 3.05) is 0 Å². The quantitative estimate of drug-likeness (QED) is 0.511. The molecule has 0 spiro atoms. The zero-order valence-corrected chi connectivity index (χ0v) is 15.8. The maximum absolute atomic E-state index is 12.0. The first-order valence-electron chi connectivity index (χ1n) is 7.92. The molecule has 0 amide bonds. The van der Waals surface area contributed by atoms with Crippen LogP contribution in [0, 0.1) is 0 Å². The summed E-state index contributed by atoms with van der Waals surface area (Å²) in [6.45, 7) is 0. The maximum atomic E-state index is 12.0. The van der Waals surface area contributed by atoms with Crippen molar-refractivity contribution < 1.29 is 0 Å². The molecule has 0 aliphatic carbocycles. The number of hydrogen-bond acceptors (Lipinski definition) is 2. The van der Waals surface area contributed by atoms with E-state index in [4.69, 9.17) is 4.98 Å². The number of para-hydroxylation sites is 1. The van der Waals surface area contributed by atoms with E-state index in [9.17, 15) is 4.79 Å². The molecule has 0 saturated heterocycles. The van der Waals surface area contributed by atoms with Gasteiger partial charge < -0.3 is 0 Å². The van der Waals surface area contributed by atoms with Crippen LogP contribution in [0.2, 0.25) is 0 Å². The number of nitrogens with zero attached hydrogens (tertiary/aromatic N) is 3. The van der Waals surface area contributed by atoms with Gasteiger partial charge in [0, 0.05) is 0 Å². The zero-order chi connectivity index (χ0) is 17.2. The van der Waals surface area contributed by atoms with Gasteiger partial charge in [-0.05, 0) is 0 Å². The summed E-state index contributed by atoms with van der Waals surface area (Å²) in [5, 5.41) is 0. The van der Waals surface area contributed by atoms with Crippen LogP contribution < -0.4 is 5.56 Å². The molecule has 4 aromatic rings. The zero-order valence-electron chi connectivity index (χ0n) is 13.4. The Bertz CT molecular complexity index is 1010. The average molecular weight is 382 g/mol. The molecule has 25 heavy (non-hydrogen) atoms. The van der Waals surface area contributed by atoms with Crippen LogP contribution in [-0.4, -0.2) is 31.7 Å². The molecule has 0 atom stereocenters. The molecule has 0 unspecified atom stereocenters. The van der Waals surface area contributed by atoms with Crippen LogP contribution >= 0.6 is 0 Å². The van der Waals surface area contributed by atoms with Gasteiger partial charge in [0.15, 0.2) is 0 Å². The van der Waals surface area contributed by atoms with Gasteiger partial charge in [0.2, 0.25) is 0 Å². The van der Waals surface area contributed by atoms with Gasteiger partial charge in [0.05, 0.1) is 0 Å². The van der Waals surface area contributed by atoms with E-state index in [2.05, 4.69) is 4.57 Å². The van der Waals surface area contributed by atoms with Gasteiger partial charge in [-0.1, -0.05) is 0 Å². The Morgan fingerprint density at radius 3 is 2.20 bits per heavy atom. The number of aromatic nitrogens is 3. The van der Waals surface area contributed by atoms with Gasteiger partial charge in [0.25, 0.3) is 0 Å². The normalized spacial score (nSPS) is 10.7. The predicted molar refractivity (Wildman–Crippen MR) is 99.8 cm³/mol. The Kier molecular flexibility index (Phi) is 4.17. The standard InChI is InChI=1S/C20H15N3O.Ga/c24-19-13-7-12-17(21-19)18-14-23(16-10-5-2-6-11-16)20(22-18)15-8-3-1-4-9-15;/h1-14H,(H,21,24);/q;+1/p-1. The second kappa shape index (κ2) is 6.62. The molecule has 0 N–H and O–H groups in total. The fourth-order valence-electron chi connectivity index (χ4n) is 2.79. The summed E-state index contributed by atoms with van der Waals surface area (Å²) < 4.78 is 3.74. The Morgan fingerprint density at radius 2 is 1.48 bits per heavy atom. The first-order valence-corrected chi connectivity index (χ1v) is 9.00. The minimum absolute atomic E-state index is 0.0203. The van der Waals surface area contributed by atoms with Crippen molar-refractivity contribution in [3.05, 3.63) is 95.4 Å². The molecule has 0 aliphatic rings. The van der Waals surface area contributed by atoms with E-state index in [0.29, 0.717) is 0 Å². The van der Waals surface area contributed by atoms with Crippen LogP contribution in [0.3, 0.4) is 0 Å². The van der Waals surface area contributed by atoms with Crippen LogP contribution in [0.1, 0.15) is 0 Å². The Balaban J connectivity index is 1.96. The fourth-order valence-corrected chi connectivity index (χ4v) is 3.43. The first kappa shape index (κ1) is 15.7. The third kappa shape index (κ3) is 2.99. The summed E-state index contributed by atoms with van der Waals surface area (Å²) in [4.78, 5) is 16.8. The summed E-state index contributed by atoms with van der Waals surface area (Å²) >= 11 is 1.25. The van der Waals surface area contributed by atoms with Gasteiger partial charge in [-0.15, -0.1) is 0 Å². The Morgan fingerprint density at radius 1 is 0.800 bits per heavy atom. The van der Waals surface area contributed by atoms with Crippen LogP contribution in [0.15, 0.2) is 89.9 Å². The molecule has 0 aliphatic heterocycles. The molecule has 0 bridgehead atoms. The van der Waals surface area contributed by atoms with Crippen molar-refractivity contribution in [2.45, 2.75) is 0 Å². The molecule has 5 heteroatoms. The van der Waals surface area contributed by atoms with Crippen molar-refractivity contribution in [2.24, 2.45) is 0 Å². The molecular weight excluding hydrogens is 368 g/mol. The molecule has 2 aromatic carbocycles. The molecule has 2 aromatic heterocycles. The Hall–Kier alpha value is -2.76. The predicted octanol–water partition coefficient (Wildman–Crippen LogP) is 3.30. The SMILES string of the molecule is O=c1cccc(-c2cn(-c3ccccc3)c(-c3ccccc3)n2)[n]1[Ga]. The summed E-state index contributed by atoms with van der Waals surface area (Å²) in [6.07, 6.45) is 1.99. The van der Waals surface area contributed by atoms with Crippen molar-refractivity contribution in [3.8, 4) is 28.5 Å². The second-order valence-electron chi connectivity index (χ2n) is 5.64. The van der Waals surface area contributed by atoms with Crippen molar-refractivity contribution in [1.29, 1.82) is 0 Å². The van der Waals surface area contributed by atoms with Crippen LogP contribution in [0.4, 0.5) is 0 Å². The van der Waals surface area contributed by atoms with Crippen molar-refractivity contribution in [1.82, 2.24) is 12.8 Å². The molecule has 2 heterocycles. The Labute approximate surface area is 155 Å². The molecule has 4 rings (SSSR count). The minimum atomic E-state index is -0.0203. The van der Waals surface area contributed by atoms with E-state index in [1.165, 1.54) is 18.8 Å². The number of rotatable bonds is 3. The van der Waals surface area contributed by atoms with E-state index in [0.717, 1.165) is 28.5 Å². The molecule has 4 nitrogen and oxygen atoms in total. The molecule has 118 valence electrons. The van der Waals surface area contributed by atoms with Gasteiger partial charge in [-0.2, -0.15) is 0 Å². The average Bonchev–Trinajstić information content (AvgIpc) is 3.10. The summed E-state index contributed by atoms with van der Waals surface area (Å²) in [6, 6.07) is 25.4. The third-order valence-corrected chi connectivity index (χ3v) is 5.14. The van der Waals surface area contributed by atoms with Gasteiger partial charge in [-0.25, -0.2) is 0 Å². The summed E-state index contributed by atoms with van der Waals surface area (Å²) in [7, 11) is 0. The van der Waals surface area contributed by atoms with Gasteiger partial charge in [-0.3, -0.25) is 0 Å².